The van der Waals surface area contributed by atoms with Crippen molar-refractivity contribution in [2.75, 3.05) is 13.1 Å². The Labute approximate surface area is 114 Å². The second-order valence-corrected chi connectivity index (χ2v) is 4.00. The molecule has 0 saturated heterocycles. The van der Waals surface area contributed by atoms with Crippen LogP contribution in [0.1, 0.15) is 30.0 Å². The largest absolute Gasteiger partial charge is 0.480 e. The maximum Gasteiger partial charge on any atom is 0.325 e. The van der Waals surface area contributed by atoms with Gasteiger partial charge in [0.25, 0.3) is 6.43 Å². The normalized spacial score (nSPS) is 11.9. The van der Waals surface area contributed by atoms with Crippen LogP contribution in [-0.2, 0) is 4.79 Å². The lowest BCUT2D eigenvalue weighted by Gasteiger charge is -2.15. The predicted molar refractivity (Wildman–Crippen MR) is 68.4 cm³/mol. The zero-order chi connectivity index (χ0) is 15.0. The number of alkyl halides is 2. The van der Waals surface area contributed by atoms with Crippen molar-refractivity contribution in [1.82, 2.24) is 5.32 Å². The molecule has 1 aromatic rings. The van der Waals surface area contributed by atoms with Crippen molar-refractivity contribution >= 4 is 5.97 Å². The molecule has 108 valence electrons. The topological polar surface area (TPSA) is 98.1 Å². The average Bonchev–Trinajstić information content (AvgIpc) is 2.42. The van der Waals surface area contributed by atoms with Gasteiger partial charge in [-0.2, -0.15) is 0 Å². The van der Waals surface area contributed by atoms with Gasteiger partial charge in [-0.15, -0.1) is 0 Å². The fourth-order valence-corrected chi connectivity index (χ4v) is 1.62. The van der Waals surface area contributed by atoms with Gasteiger partial charge in [0.2, 0.25) is 0 Å². The molecule has 1 aromatic carbocycles. The number of nitrogens with one attached hydrogen (secondary N) is 1. The van der Waals surface area contributed by atoms with Crippen LogP contribution in [0, 0.1) is 0 Å². The highest BCUT2D eigenvalue weighted by Crippen LogP contribution is 2.21. The first kappa shape index (κ1) is 15.9. The monoisotopic (exact) mass is 284 g/mol. The number of nitrogens with zero attached hydrogens (tertiary/aromatic N) is 3. The highest BCUT2D eigenvalue weighted by molar-refractivity contribution is 5.75. The van der Waals surface area contributed by atoms with E-state index in [1.165, 1.54) is 24.3 Å². The van der Waals surface area contributed by atoms with Crippen molar-refractivity contribution in [3.05, 3.63) is 45.8 Å². The van der Waals surface area contributed by atoms with Gasteiger partial charge in [-0.05, 0) is 24.1 Å². The molecule has 0 aliphatic rings. The molecule has 0 aliphatic heterocycles. The van der Waals surface area contributed by atoms with E-state index in [0.717, 1.165) is 0 Å². The van der Waals surface area contributed by atoms with Crippen LogP contribution in [0.2, 0.25) is 0 Å². The number of hydrogen-bond acceptors (Lipinski definition) is 3. The van der Waals surface area contributed by atoms with Gasteiger partial charge in [0.15, 0.2) is 0 Å². The first-order chi connectivity index (χ1) is 9.56. The Balaban J connectivity index is 2.65. The van der Waals surface area contributed by atoms with E-state index < -0.39 is 18.4 Å². The summed E-state index contributed by atoms with van der Waals surface area (Å²) >= 11 is 0. The number of carbonyl (C=O) groups is 1. The van der Waals surface area contributed by atoms with E-state index >= 15 is 0 Å². The summed E-state index contributed by atoms with van der Waals surface area (Å²) in [6.45, 7) is 0.604. The van der Waals surface area contributed by atoms with Crippen LogP contribution in [0.4, 0.5) is 8.78 Å². The summed E-state index contributed by atoms with van der Waals surface area (Å²) in [4.78, 5) is 13.7. The number of carboxylic acids is 1. The van der Waals surface area contributed by atoms with Gasteiger partial charge in [0, 0.05) is 17.0 Å². The highest BCUT2D eigenvalue weighted by atomic mass is 19.3. The molecule has 0 amide bonds. The molecular weight excluding hydrogens is 270 g/mol. The van der Waals surface area contributed by atoms with Gasteiger partial charge in [-0.3, -0.25) is 4.79 Å². The van der Waals surface area contributed by atoms with Crippen molar-refractivity contribution in [1.29, 1.82) is 0 Å². The van der Waals surface area contributed by atoms with Gasteiger partial charge < -0.3 is 10.4 Å². The van der Waals surface area contributed by atoms with E-state index in [1.54, 1.807) is 0 Å². The minimum absolute atomic E-state index is 0.152. The third-order valence-electron chi connectivity index (χ3n) is 2.62. The summed E-state index contributed by atoms with van der Waals surface area (Å²) in [5.41, 5.74) is 8.34. The van der Waals surface area contributed by atoms with E-state index in [2.05, 4.69) is 15.3 Å². The van der Waals surface area contributed by atoms with Crippen molar-refractivity contribution in [2.24, 2.45) is 5.11 Å². The molecule has 0 aliphatic carbocycles. The molecule has 6 nitrogen and oxygen atoms in total. The maximum atomic E-state index is 12.4. The Kier molecular flexibility index (Phi) is 6.42. The predicted octanol–water partition coefficient (Wildman–Crippen LogP) is 3.04. The molecule has 0 radical (unpaired) electrons. The molecule has 1 rings (SSSR count). The van der Waals surface area contributed by atoms with Crippen LogP contribution in [0.3, 0.4) is 0 Å². The van der Waals surface area contributed by atoms with Crippen molar-refractivity contribution in [3.8, 4) is 0 Å². The minimum atomic E-state index is -2.58. The Morgan fingerprint density at radius 2 is 1.95 bits per heavy atom. The highest BCUT2D eigenvalue weighted by Gasteiger charge is 2.19. The molecule has 2 N–H and O–H groups in total. The molecule has 8 heteroatoms. The lowest BCUT2D eigenvalue weighted by Crippen LogP contribution is -2.29. The molecule has 0 saturated carbocycles. The fourth-order valence-electron chi connectivity index (χ4n) is 1.62. The number of carboxylic acid groups (broad SMARTS) is 1. The van der Waals surface area contributed by atoms with Crippen LogP contribution in [0.5, 0.6) is 0 Å². The second-order valence-electron chi connectivity index (χ2n) is 4.00. The number of benzene rings is 1. The first-order valence-electron chi connectivity index (χ1n) is 5.91. The number of aliphatic carboxylic acids is 1. The van der Waals surface area contributed by atoms with Crippen molar-refractivity contribution in [2.45, 2.75) is 18.9 Å². The maximum absolute atomic E-state index is 12.4. The van der Waals surface area contributed by atoms with E-state index in [1.807, 2.05) is 0 Å². The summed E-state index contributed by atoms with van der Waals surface area (Å²) in [5, 5.41) is 15.2. The second kappa shape index (κ2) is 8.08. The quantitative estimate of drug-likeness (QED) is 0.332. The van der Waals surface area contributed by atoms with Crippen LogP contribution >= 0.6 is 0 Å². The number of hydrogen-bond donors (Lipinski definition) is 2. The Hall–Kier alpha value is -2.18. The van der Waals surface area contributed by atoms with Gasteiger partial charge in [-0.1, -0.05) is 29.4 Å². The average molecular weight is 284 g/mol. The van der Waals surface area contributed by atoms with E-state index in [9.17, 15) is 13.6 Å². The van der Waals surface area contributed by atoms with Crippen molar-refractivity contribution in [3.63, 3.8) is 0 Å². The van der Waals surface area contributed by atoms with E-state index in [0.29, 0.717) is 18.5 Å². The zero-order valence-corrected chi connectivity index (χ0v) is 10.5. The molecule has 0 bridgehead atoms. The molecule has 1 unspecified atom stereocenters. The Morgan fingerprint density at radius 3 is 2.45 bits per heavy atom. The van der Waals surface area contributed by atoms with E-state index in [4.69, 9.17) is 10.6 Å². The molecule has 0 aromatic heterocycles. The third-order valence-corrected chi connectivity index (χ3v) is 2.62. The molecule has 1 atom stereocenters. The lowest BCUT2D eigenvalue weighted by atomic mass is 10.0. The summed E-state index contributed by atoms with van der Waals surface area (Å²) in [6, 6.07) is 4.16. The Bertz CT molecular complexity index is 487. The SMILES string of the molecule is [N-]=[N+]=NCCCNC(C(=O)O)c1ccc(C(F)F)cc1. The zero-order valence-electron chi connectivity index (χ0n) is 10.5. The van der Waals surface area contributed by atoms with Crippen molar-refractivity contribution < 1.29 is 18.7 Å². The van der Waals surface area contributed by atoms with Crippen LogP contribution < -0.4 is 5.32 Å². The smallest absolute Gasteiger partial charge is 0.325 e. The van der Waals surface area contributed by atoms with Crippen LogP contribution in [0.15, 0.2) is 29.4 Å². The number of halogens is 2. The molecule has 0 spiro atoms. The van der Waals surface area contributed by atoms with Gasteiger partial charge in [0.05, 0.1) is 0 Å². The van der Waals surface area contributed by atoms with Crippen LogP contribution in [0.25, 0.3) is 10.4 Å². The van der Waals surface area contributed by atoms with Gasteiger partial charge in [-0.25, -0.2) is 8.78 Å². The van der Waals surface area contributed by atoms with Gasteiger partial charge in [0.1, 0.15) is 6.04 Å². The number of azide groups is 1. The summed E-state index contributed by atoms with van der Waals surface area (Å²) in [5.74, 6) is -1.10. The summed E-state index contributed by atoms with van der Waals surface area (Å²) in [7, 11) is 0. The van der Waals surface area contributed by atoms with E-state index in [-0.39, 0.29) is 12.1 Å². The minimum Gasteiger partial charge on any atom is -0.480 e. The summed E-state index contributed by atoms with van der Waals surface area (Å²) in [6.07, 6.45) is -2.09. The summed E-state index contributed by atoms with van der Waals surface area (Å²) < 4.78 is 24.8. The third kappa shape index (κ3) is 4.83. The Morgan fingerprint density at radius 1 is 1.35 bits per heavy atom. The van der Waals surface area contributed by atoms with Gasteiger partial charge >= 0.3 is 5.97 Å². The molecule has 0 fully saturated rings. The fraction of sp³-hybridized carbons (Fsp3) is 0.417. The standard InChI is InChI=1S/C12H14F2N4O2/c13-11(14)9-4-2-8(3-5-9)10(12(19)20)16-6-1-7-17-18-15/h2-5,10-11,16H,1,6-7H2,(H,19,20). The number of rotatable bonds is 8. The molecule has 0 heterocycles. The first-order valence-corrected chi connectivity index (χ1v) is 5.91. The van der Waals surface area contributed by atoms with Crippen LogP contribution in [-0.4, -0.2) is 24.2 Å². The lowest BCUT2D eigenvalue weighted by molar-refractivity contribution is -0.139. The molecule has 20 heavy (non-hydrogen) atoms. The molecular formula is C12H14F2N4O2.